The van der Waals surface area contributed by atoms with E-state index in [4.69, 9.17) is 28.4 Å². The number of hydrogen-bond acceptors (Lipinski definition) is 14. The Bertz CT molecular complexity index is 1120. The smallest absolute Gasteiger partial charge is 0.407 e. The van der Waals surface area contributed by atoms with E-state index in [1.165, 1.54) is 0 Å². The van der Waals surface area contributed by atoms with E-state index in [0.717, 1.165) is 77.0 Å². The first-order valence-corrected chi connectivity index (χ1v) is 24.4. The predicted octanol–water partition coefficient (Wildman–Crippen LogP) is 6.73. The zero-order valence-corrected chi connectivity index (χ0v) is 40.8. The van der Waals surface area contributed by atoms with Crippen molar-refractivity contribution in [3.8, 4) is 0 Å². The van der Waals surface area contributed by atoms with Gasteiger partial charge in [0.1, 0.15) is 19.0 Å². The minimum atomic E-state index is -0.458. The summed E-state index contributed by atoms with van der Waals surface area (Å²) in [6, 6.07) is -0.228. The average Bonchev–Trinajstić information content (AvgIpc) is 3.25. The number of carbonyl (C=O) groups excluding carboxylic acids is 6. The number of hydrogen-bond donors (Lipinski definition) is 3. The summed E-state index contributed by atoms with van der Waals surface area (Å²) < 4.78 is 32.4. The second kappa shape index (κ2) is 43.4. The summed E-state index contributed by atoms with van der Waals surface area (Å²) in [5.41, 5.74) is 0. The van der Waals surface area contributed by atoms with Crippen LogP contribution in [0.2, 0.25) is 0 Å². The van der Waals surface area contributed by atoms with Crippen molar-refractivity contribution in [3.05, 3.63) is 0 Å². The molecule has 0 aromatic heterocycles. The molecule has 0 aliphatic heterocycles. The molecule has 0 aliphatic rings. The van der Waals surface area contributed by atoms with Gasteiger partial charge in [0, 0.05) is 78.2 Å². The first kappa shape index (κ1) is 60.5. The maximum atomic E-state index is 12.3. The zero-order valence-electron chi connectivity index (χ0n) is 40.8. The van der Waals surface area contributed by atoms with Gasteiger partial charge in [0.15, 0.2) is 0 Å². The van der Waals surface area contributed by atoms with Crippen molar-refractivity contribution in [2.45, 2.75) is 169 Å². The molecule has 0 aromatic rings. The van der Waals surface area contributed by atoms with E-state index < -0.39 is 6.09 Å². The van der Waals surface area contributed by atoms with Crippen molar-refractivity contribution in [2.75, 3.05) is 98.5 Å². The van der Waals surface area contributed by atoms with Crippen LogP contribution in [-0.4, -0.2) is 156 Å². The van der Waals surface area contributed by atoms with E-state index in [1.54, 1.807) is 0 Å². The molecule has 0 saturated heterocycles. The van der Waals surface area contributed by atoms with Crippen LogP contribution in [0, 0.1) is 0 Å². The normalized spacial score (nSPS) is 11.3. The molecule has 3 amide bonds. The molecule has 0 aliphatic carbocycles. The van der Waals surface area contributed by atoms with Crippen LogP contribution in [-0.2, 0) is 47.6 Å². The Kier molecular flexibility index (Phi) is 41.0. The Morgan fingerprint density at radius 3 is 1.31 bits per heavy atom. The molecule has 0 aromatic carbocycles. The molecule has 64 heavy (non-hydrogen) atoms. The molecular formula is C47H89N5O12. The summed E-state index contributed by atoms with van der Waals surface area (Å²) in [6.45, 7) is 19.0. The Hall–Kier alpha value is -3.54. The maximum Gasteiger partial charge on any atom is 0.407 e. The van der Waals surface area contributed by atoms with Crippen molar-refractivity contribution in [1.82, 2.24) is 25.8 Å². The standard InChI is InChI=1S/C47H89N5O12/c1-7-34-61-44(55)23-28-51(30-36-59-40(3)4)32-38-63-43(54)22-16-12-10-13-17-25-48-46(57)49-27-19-21-42(53)20-15-11-9-14-18-26-50-47(58)64-39-33-52(31-37-60-41(5)6)29-24-45(56)62-35-8-2/h40-41H,7-39H2,1-6H3,(H,50,58)(H2,48,49,57). The van der Waals surface area contributed by atoms with Gasteiger partial charge in [-0.15, -0.1) is 0 Å². The molecule has 0 fully saturated rings. The highest BCUT2D eigenvalue weighted by atomic mass is 16.6. The number of ketones is 1. The van der Waals surface area contributed by atoms with E-state index in [9.17, 15) is 28.8 Å². The van der Waals surface area contributed by atoms with Crippen LogP contribution >= 0.6 is 0 Å². The molecule has 0 rings (SSSR count). The van der Waals surface area contributed by atoms with Crippen LogP contribution in [0.15, 0.2) is 0 Å². The van der Waals surface area contributed by atoms with E-state index in [2.05, 4.69) is 20.9 Å². The van der Waals surface area contributed by atoms with Gasteiger partial charge in [0.2, 0.25) is 0 Å². The lowest BCUT2D eigenvalue weighted by atomic mass is 10.1. The Morgan fingerprint density at radius 2 is 0.797 bits per heavy atom. The minimum Gasteiger partial charge on any atom is -0.466 e. The van der Waals surface area contributed by atoms with E-state index in [0.29, 0.717) is 111 Å². The lowest BCUT2D eigenvalue weighted by Crippen LogP contribution is -2.36. The molecule has 17 heteroatoms. The number of amides is 3. The summed E-state index contributed by atoms with van der Waals surface area (Å²) in [7, 11) is 0. The van der Waals surface area contributed by atoms with Crippen molar-refractivity contribution in [3.63, 3.8) is 0 Å². The van der Waals surface area contributed by atoms with Crippen molar-refractivity contribution in [1.29, 1.82) is 0 Å². The number of carbonyl (C=O) groups is 6. The van der Waals surface area contributed by atoms with Gasteiger partial charge in [0.05, 0.1) is 51.5 Å². The van der Waals surface area contributed by atoms with Crippen LogP contribution in [0.25, 0.3) is 0 Å². The average molecular weight is 916 g/mol. The van der Waals surface area contributed by atoms with Gasteiger partial charge in [-0.05, 0) is 72.6 Å². The lowest BCUT2D eigenvalue weighted by Gasteiger charge is -2.22. The third-order valence-electron chi connectivity index (χ3n) is 9.89. The number of urea groups is 1. The quantitative estimate of drug-likeness (QED) is 0.0330. The molecule has 17 nitrogen and oxygen atoms in total. The first-order chi connectivity index (χ1) is 30.9. The first-order valence-electron chi connectivity index (χ1n) is 24.4. The van der Waals surface area contributed by atoms with Gasteiger partial charge in [-0.1, -0.05) is 52.4 Å². The number of unbranched alkanes of at least 4 members (excludes halogenated alkanes) is 8. The third kappa shape index (κ3) is 42.4. The highest BCUT2D eigenvalue weighted by molar-refractivity contribution is 5.78. The number of nitrogens with zero attached hydrogens (tertiary/aromatic N) is 2. The molecule has 0 bridgehead atoms. The molecule has 0 saturated carbocycles. The van der Waals surface area contributed by atoms with Crippen LogP contribution in [0.5, 0.6) is 0 Å². The van der Waals surface area contributed by atoms with Crippen LogP contribution < -0.4 is 16.0 Å². The Balaban J connectivity index is 3.83. The van der Waals surface area contributed by atoms with Gasteiger partial charge in [-0.2, -0.15) is 0 Å². The van der Waals surface area contributed by atoms with E-state index >= 15 is 0 Å². The number of alkyl carbamates (subject to hydrolysis) is 1. The highest BCUT2D eigenvalue weighted by Gasteiger charge is 2.13. The van der Waals surface area contributed by atoms with Crippen molar-refractivity contribution < 1.29 is 57.2 Å². The Labute approximate surface area is 385 Å². The topological polar surface area (TPSA) is 200 Å². The van der Waals surface area contributed by atoms with Gasteiger partial charge >= 0.3 is 30.0 Å². The summed E-state index contributed by atoms with van der Waals surface area (Å²) in [6.07, 6.45) is 12.8. The number of nitrogens with one attached hydrogen (secondary N) is 3. The van der Waals surface area contributed by atoms with Crippen LogP contribution in [0.1, 0.15) is 157 Å². The minimum absolute atomic E-state index is 0.113. The SMILES string of the molecule is CCCOC(=O)CCN(CCOC(=O)CCCCCCCNC(=O)NCCCC(=O)CCCCCCCNC(=O)OCCN(CCOC(C)C)CCC(=O)OCCC)CCOC(C)C. The number of ether oxygens (including phenoxy) is 6. The molecule has 0 radical (unpaired) electrons. The van der Waals surface area contributed by atoms with Crippen molar-refractivity contribution >= 4 is 35.8 Å². The van der Waals surface area contributed by atoms with Gasteiger partial charge < -0.3 is 44.4 Å². The predicted molar refractivity (Wildman–Crippen MR) is 248 cm³/mol. The van der Waals surface area contributed by atoms with Crippen molar-refractivity contribution in [2.24, 2.45) is 0 Å². The van der Waals surface area contributed by atoms with Gasteiger partial charge in [0.25, 0.3) is 0 Å². The van der Waals surface area contributed by atoms with Crippen LogP contribution in [0.4, 0.5) is 9.59 Å². The molecule has 3 N–H and O–H groups in total. The molecular weight excluding hydrogens is 827 g/mol. The van der Waals surface area contributed by atoms with E-state index in [-0.39, 0.29) is 68.0 Å². The molecule has 0 heterocycles. The third-order valence-corrected chi connectivity index (χ3v) is 9.89. The number of esters is 3. The van der Waals surface area contributed by atoms with Gasteiger partial charge in [-0.3, -0.25) is 29.0 Å². The summed E-state index contributed by atoms with van der Waals surface area (Å²) in [4.78, 5) is 76.7. The van der Waals surface area contributed by atoms with Gasteiger partial charge in [-0.25, -0.2) is 9.59 Å². The van der Waals surface area contributed by atoms with E-state index in [1.807, 2.05) is 46.4 Å². The highest BCUT2D eigenvalue weighted by Crippen LogP contribution is 2.09. The second-order valence-corrected chi connectivity index (χ2v) is 16.6. The zero-order chi connectivity index (χ0) is 47.5. The fraction of sp³-hybridized carbons (Fsp3) is 0.872. The molecule has 0 unspecified atom stereocenters. The largest absolute Gasteiger partial charge is 0.466 e. The number of Topliss-reactive ketones (excluding diaryl/α,β-unsaturated/α-hetero) is 1. The summed E-state index contributed by atoms with van der Waals surface area (Å²) >= 11 is 0. The number of rotatable bonds is 44. The Morgan fingerprint density at radius 1 is 0.406 bits per heavy atom. The fourth-order valence-corrected chi connectivity index (χ4v) is 6.23. The molecule has 0 atom stereocenters. The molecule has 374 valence electrons. The fourth-order valence-electron chi connectivity index (χ4n) is 6.23. The monoisotopic (exact) mass is 916 g/mol. The maximum absolute atomic E-state index is 12.3. The second-order valence-electron chi connectivity index (χ2n) is 16.6. The van der Waals surface area contributed by atoms with Crippen LogP contribution in [0.3, 0.4) is 0 Å². The molecule has 0 spiro atoms. The summed E-state index contributed by atoms with van der Waals surface area (Å²) in [5, 5.41) is 8.47. The lowest BCUT2D eigenvalue weighted by molar-refractivity contribution is -0.146. The summed E-state index contributed by atoms with van der Waals surface area (Å²) in [5.74, 6) is -0.477.